The van der Waals surface area contributed by atoms with Crippen LogP contribution < -0.4 is 5.32 Å². The molecule has 5 nitrogen and oxygen atoms in total. The monoisotopic (exact) mass is 369 g/mol. The zero-order valence-corrected chi connectivity index (χ0v) is 15.0. The first-order valence-corrected chi connectivity index (χ1v) is 9.20. The largest absolute Gasteiger partial charge is 0.393 e. The average Bonchev–Trinajstić information content (AvgIpc) is 3.15. The Bertz CT molecular complexity index is 928. The van der Waals surface area contributed by atoms with Crippen molar-refractivity contribution in [1.29, 1.82) is 0 Å². The smallest absolute Gasteiger partial charge is 0.251 e. The van der Waals surface area contributed by atoms with Gasteiger partial charge >= 0.3 is 0 Å². The van der Waals surface area contributed by atoms with E-state index in [4.69, 9.17) is 11.6 Å². The van der Waals surface area contributed by atoms with Gasteiger partial charge < -0.3 is 15.4 Å². The van der Waals surface area contributed by atoms with Crippen LogP contribution in [0.2, 0.25) is 5.02 Å². The van der Waals surface area contributed by atoms with E-state index < -0.39 is 0 Å². The molecule has 2 aromatic heterocycles. The van der Waals surface area contributed by atoms with Gasteiger partial charge in [0, 0.05) is 34.9 Å². The lowest BCUT2D eigenvalue weighted by molar-refractivity contribution is 0.0867. The molecule has 2 heterocycles. The normalized spacial score (nSPS) is 20.2. The molecule has 0 saturated heterocycles. The summed E-state index contributed by atoms with van der Waals surface area (Å²) < 4.78 is 0. The molecule has 1 saturated carbocycles. The van der Waals surface area contributed by atoms with E-state index in [1.807, 2.05) is 36.5 Å². The Balaban J connectivity index is 1.52. The molecule has 1 fully saturated rings. The molecule has 134 valence electrons. The van der Waals surface area contributed by atoms with Crippen LogP contribution in [-0.4, -0.2) is 33.1 Å². The third kappa shape index (κ3) is 3.32. The van der Waals surface area contributed by atoms with Crippen LogP contribution in [0.15, 0.2) is 42.7 Å². The second-order valence-corrected chi connectivity index (χ2v) is 7.18. The van der Waals surface area contributed by atoms with E-state index in [9.17, 15) is 9.90 Å². The molecule has 1 aliphatic carbocycles. The van der Waals surface area contributed by atoms with Crippen molar-refractivity contribution in [2.75, 3.05) is 0 Å². The van der Waals surface area contributed by atoms with E-state index in [0.29, 0.717) is 10.6 Å². The Morgan fingerprint density at radius 2 is 1.88 bits per heavy atom. The maximum absolute atomic E-state index is 12.4. The molecule has 3 aromatic rings. The van der Waals surface area contributed by atoms with Crippen LogP contribution in [0.5, 0.6) is 0 Å². The number of nitrogens with zero attached hydrogens (tertiary/aromatic N) is 1. The first-order valence-electron chi connectivity index (χ1n) is 8.83. The minimum absolute atomic E-state index is 0.0752. The molecule has 6 heteroatoms. The predicted molar refractivity (Wildman–Crippen MR) is 102 cm³/mol. The molecule has 0 aliphatic heterocycles. The van der Waals surface area contributed by atoms with Crippen LogP contribution in [0.1, 0.15) is 36.0 Å². The Hall–Kier alpha value is -2.37. The van der Waals surface area contributed by atoms with Gasteiger partial charge in [0.1, 0.15) is 0 Å². The van der Waals surface area contributed by atoms with E-state index in [2.05, 4.69) is 15.3 Å². The van der Waals surface area contributed by atoms with E-state index >= 15 is 0 Å². The van der Waals surface area contributed by atoms with Crippen molar-refractivity contribution in [1.82, 2.24) is 15.3 Å². The summed E-state index contributed by atoms with van der Waals surface area (Å²) in [5.74, 6) is -0.0752. The summed E-state index contributed by atoms with van der Waals surface area (Å²) in [6, 6.07) is 9.53. The number of carbonyl (C=O) groups excluding carboxylic acids is 1. The van der Waals surface area contributed by atoms with Gasteiger partial charge in [-0.1, -0.05) is 23.7 Å². The maximum atomic E-state index is 12.4. The zero-order chi connectivity index (χ0) is 18.1. The van der Waals surface area contributed by atoms with Crippen molar-refractivity contribution < 1.29 is 9.90 Å². The van der Waals surface area contributed by atoms with Gasteiger partial charge in [0.05, 0.1) is 22.3 Å². The van der Waals surface area contributed by atoms with Crippen LogP contribution in [-0.2, 0) is 0 Å². The number of pyridine rings is 1. The van der Waals surface area contributed by atoms with Crippen molar-refractivity contribution >= 4 is 28.4 Å². The molecule has 3 N–H and O–H groups in total. The number of nitrogens with one attached hydrogen (secondary N) is 2. The van der Waals surface area contributed by atoms with Crippen LogP contribution in [0.3, 0.4) is 0 Å². The highest BCUT2D eigenvalue weighted by molar-refractivity contribution is 6.35. The summed E-state index contributed by atoms with van der Waals surface area (Å²) >= 11 is 6.16. The lowest BCUT2D eigenvalue weighted by atomic mass is 9.93. The average molecular weight is 370 g/mol. The third-order valence-corrected chi connectivity index (χ3v) is 5.29. The molecule has 26 heavy (non-hydrogen) atoms. The van der Waals surface area contributed by atoms with E-state index in [0.717, 1.165) is 47.8 Å². The van der Waals surface area contributed by atoms with Crippen molar-refractivity contribution in [2.24, 2.45) is 0 Å². The Morgan fingerprint density at radius 3 is 2.62 bits per heavy atom. The van der Waals surface area contributed by atoms with Gasteiger partial charge in [0.2, 0.25) is 0 Å². The molecule has 4 rings (SSSR count). The Labute approximate surface area is 156 Å². The number of aliphatic hydroxyl groups is 1. The number of fused-ring (bicyclic) bond motifs is 1. The van der Waals surface area contributed by atoms with Crippen LogP contribution in [0.4, 0.5) is 0 Å². The second-order valence-electron chi connectivity index (χ2n) is 6.78. The predicted octanol–water partition coefficient (Wildman–Crippen LogP) is 3.92. The van der Waals surface area contributed by atoms with Gasteiger partial charge in [-0.05, 0) is 43.9 Å². The van der Waals surface area contributed by atoms with E-state index in [1.165, 1.54) is 0 Å². The number of benzene rings is 1. The van der Waals surface area contributed by atoms with Crippen LogP contribution in [0, 0.1) is 0 Å². The summed E-state index contributed by atoms with van der Waals surface area (Å²) in [5.41, 5.74) is 3.25. The van der Waals surface area contributed by atoms with Gasteiger partial charge in [-0.15, -0.1) is 0 Å². The fraction of sp³-hybridized carbons (Fsp3) is 0.300. The lowest BCUT2D eigenvalue weighted by Crippen LogP contribution is -2.38. The molecule has 0 radical (unpaired) electrons. The first-order chi connectivity index (χ1) is 12.6. The highest BCUT2D eigenvalue weighted by atomic mass is 35.5. The number of aromatic nitrogens is 2. The summed E-state index contributed by atoms with van der Waals surface area (Å²) in [4.78, 5) is 20.0. The number of aromatic amines is 1. The minimum Gasteiger partial charge on any atom is -0.393 e. The number of rotatable bonds is 3. The summed E-state index contributed by atoms with van der Waals surface area (Å²) in [5, 5.41) is 14.2. The van der Waals surface area contributed by atoms with Crippen molar-refractivity contribution in [2.45, 2.75) is 37.8 Å². The number of amides is 1. The lowest BCUT2D eigenvalue weighted by Gasteiger charge is -2.26. The summed E-state index contributed by atoms with van der Waals surface area (Å²) in [6.07, 6.45) is 6.39. The van der Waals surface area contributed by atoms with Gasteiger partial charge in [-0.25, -0.2) is 0 Å². The quantitative estimate of drug-likeness (QED) is 0.654. The maximum Gasteiger partial charge on any atom is 0.251 e. The first kappa shape index (κ1) is 17.1. The van der Waals surface area contributed by atoms with Crippen LogP contribution in [0.25, 0.3) is 22.2 Å². The van der Waals surface area contributed by atoms with E-state index in [1.54, 1.807) is 6.20 Å². The standard InChI is InChI=1S/C20H20ClN3O2/c21-17-11-23-18(16-9-10-22-19(16)17)12-1-3-13(4-2-12)20(26)24-14-5-7-15(25)8-6-14/h1-4,9-11,14-15,22,25H,5-8H2,(H,24,26)/t14-,15-. The van der Waals surface area contributed by atoms with Gasteiger partial charge in [0.15, 0.2) is 0 Å². The van der Waals surface area contributed by atoms with Gasteiger partial charge in [-0.2, -0.15) is 0 Å². The molecule has 1 amide bonds. The van der Waals surface area contributed by atoms with Gasteiger partial charge in [0.25, 0.3) is 5.91 Å². The molecule has 0 spiro atoms. The Kier molecular flexibility index (Phi) is 4.66. The van der Waals surface area contributed by atoms with Crippen LogP contribution >= 0.6 is 11.6 Å². The number of hydrogen-bond donors (Lipinski definition) is 3. The molecule has 0 atom stereocenters. The molecule has 0 unspecified atom stereocenters. The van der Waals surface area contributed by atoms with Crippen molar-refractivity contribution in [3.63, 3.8) is 0 Å². The van der Waals surface area contributed by atoms with E-state index in [-0.39, 0.29) is 18.1 Å². The minimum atomic E-state index is -0.223. The number of hydrogen-bond acceptors (Lipinski definition) is 3. The fourth-order valence-corrected chi connectivity index (χ4v) is 3.72. The fourth-order valence-electron chi connectivity index (χ4n) is 3.52. The molecular weight excluding hydrogens is 350 g/mol. The molecular formula is C20H20ClN3O2. The highest BCUT2D eigenvalue weighted by Crippen LogP contribution is 2.30. The third-order valence-electron chi connectivity index (χ3n) is 5.00. The number of H-pyrrole nitrogens is 1. The van der Waals surface area contributed by atoms with Crippen molar-refractivity contribution in [3.05, 3.63) is 53.3 Å². The molecule has 1 aromatic carbocycles. The topological polar surface area (TPSA) is 78.0 Å². The Morgan fingerprint density at radius 1 is 1.15 bits per heavy atom. The highest BCUT2D eigenvalue weighted by Gasteiger charge is 2.21. The number of aliphatic hydroxyl groups excluding tert-OH is 1. The second kappa shape index (κ2) is 7.09. The molecule has 1 aliphatic rings. The summed E-state index contributed by atoms with van der Waals surface area (Å²) in [6.45, 7) is 0. The summed E-state index contributed by atoms with van der Waals surface area (Å²) in [7, 11) is 0. The number of carbonyl (C=O) groups is 1. The van der Waals surface area contributed by atoms with Crippen molar-refractivity contribution in [3.8, 4) is 11.3 Å². The number of halogens is 1. The van der Waals surface area contributed by atoms with Gasteiger partial charge in [-0.3, -0.25) is 9.78 Å². The zero-order valence-electron chi connectivity index (χ0n) is 14.2. The SMILES string of the molecule is O=C(N[C@H]1CC[C@H](O)CC1)c1ccc(-c2ncc(Cl)c3[nH]ccc23)cc1. The molecule has 0 bridgehead atoms.